The van der Waals surface area contributed by atoms with Crippen LogP contribution < -0.4 is 20.3 Å². The van der Waals surface area contributed by atoms with E-state index in [0.29, 0.717) is 24.3 Å². The molecule has 0 aromatic heterocycles. The fourth-order valence-corrected chi connectivity index (χ4v) is 7.21. The fraction of sp³-hybridized carbons (Fsp3) is 0.378. The van der Waals surface area contributed by atoms with E-state index in [1.165, 1.54) is 19.2 Å². The summed E-state index contributed by atoms with van der Waals surface area (Å²) >= 11 is 6.12. The number of allylic oxidation sites excluding steroid dienone is 1. The van der Waals surface area contributed by atoms with Gasteiger partial charge in [0.1, 0.15) is 11.6 Å². The van der Waals surface area contributed by atoms with E-state index in [2.05, 4.69) is 21.6 Å². The molecule has 1 saturated carbocycles. The zero-order valence-electron chi connectivity index (χ0n) is 27.0. The van der Waals surface area contributed by atoms with Crippen molar-refractivity contribution in [3.63, 3.8) is 0 Å². The molecule has 48 heavy (non-hydrogen) atoms. The van der Waals surface area contributed by atoms with Crippen molar-refractivity contribution in [2.45, 2.75) is 32.1 Å². The Balaban J connectivity index is 1.14. The number of hydrogen-bond donors (Lipinski definition) is 2. The van der Waals surface area contributed by atoms with Crippen LogP contribution in [0.2, 0.25) is 5.02 Å². The normalized spacial score (nSPS) is 20.3. The van der Waals surface area contributed by atoms with Gasteiger partial charge in [-0.05, 0) is 85.5 Å². The van der Waals surface area contributed by atoms with Gasteiger partial charge < -0.3 is 25.0 Å². The van der Waals surface area contributed by atoms with Crippen molar-refractivity contribution in [2.24, 2.45) is 5.41 Å². The first kappa shape index (κ1) is 33.6. The van der Waals surface area contributed by atoms with Gasteiger partial charge >= 0.3 is 0 Å². The topological polar surface area (TPSA) is 100 Å². The van der Waals surface area contributed by atoms with Gasteiger partial charge in [-0.1, -0.05) is 35.4 Å². The summed E-state index contributed by atoms with van der Waals surface area (Å²) in [5, 5.41) is 5.88. The molecule has 2 N–H and O–H groups in total. The predicted octanol–water partition coefficient (Wildman–Crippen LogP) is 5.88. The summed E-state index contributed by atoms with van der Waals surface area (Å²) in [7, 11) is 1.45. The Morgan fingerprint density at radius 2 is 1.83 bits per heavy atom. The van der Waals surface area contributed by atoms with Gasteiger partial charge in [-0.15, -0.1) is 0 Å². The van der Waals surface area contributed by atoms with Crippen LogP contribution in [0.25, 0.3) is 0 Å². The van der Waals surface area contributed by atoms with Crippen molar-refractivity contribution in [2.75, 3.05) is 63.3 Å². The molecule has 1 atom stereocenters. The smallest absolute Gasteiger partial charge is 0.258 e. The van der Waals surface area contributed by atoms with Crippen molar-refractivity contribution in [1.29, 1.82) is 0 Å². The summed E-state index contributed by atoms with van der Waals surface area (Å²) in [6.07, 6.45) is 6.02. The molecule has 2 aliphatic heterocycles. The lowest BCUT2D eigenvalue weighted by atomic mass is 9.77. The van der Waals surface area contributed by atoms with Gasteiger partial charge in [-0.3, -0.25) is 19.3 Å². The molecule has 2 heterocycles. The second-order valence-corrected chi connectivity index (χ2v) is 13.1. The number of nitrogens with one attached hydrogen (secondary N) is 2. The highest BCUT2D eigenvalue weighted by Crippen LogP contribution is 2.49. The molecule has 9 nitrogen and oxygen atoms in total. The number of halogens is 2. The van der Waals surface area contributed by atoms with E-state index >= 15 is 0 Å². The van der Waals surface area contributed by atoms with Gasteiger partial charge in [0.25, 0.3) is 11.8 Å². The van der Waals surface area contributed by atoms with Crippen molar-refractivity contribution in [3.05, 3.63) is 99.8 Å². The number of benzene rings is 3. The maximum absolute atomic E-state index is 14.1. The van der Waals surface area contributed by atoms with Crippen LogP contribution in [0.1, 0.15) is 52.0 Å². The van der Waals surface area contributed by atoms with Crippen molar-refractivity contribution < 1.29 is 28.2 Å². The Hall–Kier alpha value is -4.25. The average molecular weight is 675 g/mol. The number of ether oxygens (including phenoxy) is 2. The fourth-order valence-electron chi connectivity index (χ4n) is 7.01. The summed E-state index contributed by atoms with van der Waals surface area (Å²) in [5.74, 6) is -1.12. The second kappa shape index (κ2) is 14.9. The third-order valence-corrected chi connectivity index (χ3v) is 9.90. The molecule has 1 aliphatic carbocycles. The summed E-state index contributed by atoms with van der Waals surface area (Å²) in [6.45, 7) is 5.21. The first-order chi connectivity index (χ1) is 23.2. The number of carbonyl (C=O) groups is 3. The molecule has 3 aliphatic rings. The van der Waals surface area contributed by atoms with Gasteiger partial charge in [0.2, 0.25) is 5.91 Å². The van der Waals surface area contributed by atoms with Gasteiger partial charge in [0.05, 0.1) is 36.6 Å². The molecule has 3 aromatic carbocycles. The lowest BCUT2D eigenvalue weighted by Gasteiger charge is -2.27. The SMILES string of the molecule is COc1cc(C(=O)N2CC[C@@]3(CCC(=CC(=O)NCCN4CCOCC4)C3)Cc3ccccc32)ccc1NC(=O)c1cc(F)ccc1Cl. The highest BCUT2D eigenvalue weighted by Gasteiger charge is 2.40. The molecular formula is C37H40ClFN4O5. The average Bonchev–Trinajstić information content (AvgIpc) is 3.40. The number of anilines is 2. The van der Waals surface area contributed by atoms with Crippen LogP contribution in [0.3, 0.4) is 0 Å². The molecule has 0 bridgehead atoms. The van der Waals surface area contributed by atoms with Gasteiger partial charge in [-0.25, -0.2) is 4.39 Å². The highest BCUT2D eigenvalue weighted by atomic mass is 35.5. The lowest BCUT2D eigenvalue weighted by Crippen LogP contribution is -2.41. The molecule has 2 fully saturated rings. The Morgan fingerprint density at radius 3 is 2.65 bits per heavy atom. The second-order valence-electron chi connectivity index (χ2n) is 12.7. The Morgan fingerprint density at radius 1 is 1.02 bits per heavy atom. The standard InChI is InChI=1S/C37H40ClFN4O5/c1-47-33-21-26(6-9-31(33)41-35(45)29-22-28(39)7-8-30(29)38)36(46)43-14-12-37(24-27-4-2-3-5-32(27)43)11-10-25(23-37)20-34(44)40-13-15-42-16-18-48-19-17-42/h2-9,20-22H,10-19,23-24H2,1H3,(H,40,44)(H,41,45)/t37-/m1/s1. The molecule has 3 aromatic rings. The first-order valence-electron chi connectivity index (χ1n) is 16.4. The van der Waals surface area contributed by atoms with Gasteiger partial charge in [0, 0.05) is 50.1 Å². The summed E-state index contributed by atoms with van der Waals surface area (Å²) in [6, 6.07) is 16.4. The van der Waals surface area contributed by atoms with Gasteiger partial charge in [0.15, 0.2) is 0 Å². The van der Waals surface area contributed by atoms with E-state index in [9.17, 15) is 18.8 Å². The Kier molecular flexibility index (Phi) is 10.4. The van der Waals surface area contributed by atoms with Crippen LogP contribution in [-0.4, -0.2) is 75.7 Å². The Bertz CT molecular complexity index is 1730. The number of fused-ring (bicyclic) bond motifs is 1. The first-order valence-corrected chi connectivity index (χ1v) is 16.7. The van der Waals surface area contributed by atoms with E-state index in [1.807, 2.05) is 23.1 Å². The number of morpholine rings is 1. The maximum Gasteiger partial charge on any atom is 0.258 e. The quantitative estimate of drug-likeness (QED) is 0.290. The van der Waals surface area contributed by atoms with Crippen LogP contribution in [0, 0.1) is 11.2 Å². The lowest BCUT2D eigenvalue weighted by molar-refractivity contribution is -0.116. The summed E-state index contributed by atoms with van der Waals surface area (Å²) in [4.78, 5) is 43.9. The van der Waals surface area contributed by atoms with E-state index in [1.54, 1.807) is 24.3 Å². The third kappa shape index (κ3) is 7.72. The van der Waals surface area contributed by atoms with E-state index in [-0.39, 0.29) is 33.6 Å². The molecule has 0 unspecified atom stereocenters. The van der Waals surface area contributed by atoms with E-state index < -0.39 is 11.7 Å². The molecule has 1 spiro atoms. The molecule has 3 amide bonds. The van der Waals surface area contributed by atoms with Crippen molar-refractivity contribution in [1.82, 2.24) is 10.2 Å². The minimum Gasteiger partial charge on any atom is -0.495 e. The van der Waals surface area contributed by atoms with Crippen LogP contribution >= 0.6 is 11.6 Å². The Labute approximate surface area is 285 Å². The molecule has 11 heteroatoms. The number of amides is 3. The summed E-state index contributed by atoms with van der Waals surface area (Å²) in [5.41, 5.74) is 3.79. The van der Waals surface area contributed by atoms with E-state index in [4.69, 9.17) is 21.1 Å². The zero-order chi connectivity index (χ0) is 33.7. The number of hydrogen-bond acceptors (Lipinski definition) is 6. The molecular weight excluding hydrogens is 635 g/mol. The summed E-state index contributed by atoms with van der Waals surface area (Å²) < 4.78 is 24.7. The molecule has 0 radical (unpaired) electrons. The zero-order valence-corrected chi connectivity index (χ0v) is 27.8. The highest BCUT2D eigenvalue weighted by molar-refractivity contribution is 6.34. The van der Waals surface area contributed by atoms with Crippen LogP contribution in [0.15, 0.2) is 72.3 Å². The number of methoxy groups -OCH3 is 1. The van der Waals surface area contributed by atoms with E-state index in [0.717, 1.165) is 87.8 Å². The predicted molar refractivity (Wildman–Crippen MR) is 183 cm³/mol. The van der Waals surface area contributed by atoms with Crippen LogP contribution in [-0.2, 0) is 16.0 Å². The third-order valence-electron chi connectivity index (χ3n) is 9.57. The van der Waals surface area contributed by atoms with Crippen molar-refractivity contribution >= 4 is 40.7 Å². The monoisotopic (exact) mass is 674 g/mol. The number of nitrogens with zero attached hydrogens (tertiary/aromatic N) is 2. The molecule has 6 rings (SSSR count). The number of rotatable bonds is 8. The maximum atomic E-state index is 14.1. The van der Waals surface area contributed by atoms with Crippen LogP contribution in [0.5, 0.6) is 5.75 Å². The van der Waals surface area contributed by atoms with Crippen LogP contribution in [0.4, 0.5) is 15.8 Å². The largest absolute Gasteiger partial charge is 0.495 e. The minimum atomic E-state index is -0.598. The number of carbonyl (C=O) groups excluding carboxylic acids is 3. The molecule has 1 saturated heterocycles. The van der Waals surface area contributed by atoms with Gasteiger partial charge in [-0.2, -0.15) is 0 Å². The van der Waals surface area contributed by atoms with Crippen molar-refractivity contribution in [3.8, 4) is 5.75 Å². The minimum absolute atomic E-state index is 0.0108. The number of para-hydroxylation sites is 1. The molecule has 252 valence electrons.